The molecule has 0 spiro atoms. The van der Waals surface area contributed by atoms with E-state index in [1.807, 2.05) is 66.3 Å². The number of nitrogens with one attached hydrogen (secondary N) is 2. The van der Waals surface area contributed by atoms with Crippen LogP contribution >= 0.6 is 35.3 Å². The fourth-order valence-corrected chi connectivity index (χ4v) is 4.87. The molecule has 0 atom stereocenters. The van der Waals surface area contributed by atoms with E-state index in [0.717, 1.165) is 11.3 Å². The van der Waals surface area contributed by atoms with Crippen LogP contribution in [-0.4, -0.2) is 55.7 Å². The normalized spacial score (nSPS) is 11.7. The molecule has 0 radical (unpaired) electrons. The van der Waals surface area contributed by atoms with Gasteiger partial charge in [0.05, 0.1) is 18.4 Å². The summed E-state index contributed by atoms with van der Waals surface area (Å²) in [6.45, 7) is 3.90. The predicted octanol–water partition coefficient (Wildman–Crippen LogP) is 2.93. The summed E-state index contributed by atoms with van der Waals surface area (Å²) in [5.41, 5.74) is 2.05. The fraction of sp³-hybridized carbons (Fsp3) is 0.300. The highest BCUT2D eigenvalue weighted by atomic mass is 127. The maximum atomic E-state index is 12.2. The molecule has 168 valence electrons. The molecule has 0 fully saturated rings. The number of benzene rings is 1. The Bertz CT molecular complexity index is 1050. The van der Waals surface area contributed by atoms with E-state index in [9.17, 15) is 8.42 Å². The van der Waals surface area contributed by atoms with Crippen LogP contribution in [0.4, 0.5) is 0 Å². The third-order valence-electron chi connectivity index (χ3n) is 4.20. The third-order valence-corrected chi connectivity index (χ3v) is 7.06. The monoisotopic (exact) mass is 574 g/mol. The number of guanidine groups is 1. The van der Waals surface area contributed by atoms with Crippen LogP contribution in [0.25, 0.3) is 5.69 Å². The van der Waals surface area contributed by atoms with E-state index in [4.69, 9.17) is 0 Å². The van der Waals surface area contributed by atoms with Crippen molar-refractivity contribution >= 4 is 51.3 Å². The first kappa shape index (κ1) is 25.3. The zero-order valence-electron chi connectivity index (χ0n) is 17.4. The molecule has 31 heavy (non-hydrogen) atoms. The molecule has 0 bridgehead atoms. The van der Waals surface area contributed by atoms with Crippen LogP contribution in [0.3, 0.4) is 0 Å². The van der Waals surface area contributed by atoms with Crippen molar-refractivity contribution in [1.82, 2.24) is 24.7 Å². The SMILES string of the molecule is CCNC(=NCCNS(=O)(=O)c1cccs1)N(C)Cc1cnn(-c2ccccc2)c1.I. The summed E-state index contributed by atoms with van der Waals surface area (Å²) in [6, 6.07) is 13.2. The van der Waals surface area contributed by atoms with Gasteiger partial charge in [0.2, 0.25) is 10.0 Å². The van der Waals surface area contributed by atoms with Crippen LogP contribution in [0.2, 0.25) is 0 Å². The maximum Gasteiger partial charge on any atom is 0.250 e. The van der Waals surface area contributed by atoms with E-state index in [2.05, 4.69) is 20.1 Å². The largest absolute Gasteiger partial charge is 0.357 e. The number of aromatic nitrogens is 2. The number of sulfonamides is 1. The van der Waals surface area contributed by atoms with Gasteiger partial charge in [0, 0.05) is 38.4 Å². The Morgan fingerprint density at radius 1 is 1.23 bits per heavy atom. The number of halogens is 1. The molecule has 3 aromatic rings. The van der Waals surface area contributed by atoms with Crippen LogP contribution in [0, 0.1) is 0 Å². The number of hydrogen-bond acceptors (Lipinski definition) is 5. The lowest BCUT2D eigenvalue weighted by molar-refractivity contribution is 0.477. The van der Waals surface area contributed by atoms with Crippen molar-refractivity contribution in [2.75, 3.05) is 26.7 Å². The van der Waals surface area contributed by atoms with E-state index < -0.39 is 10.0 Å². The second-order valence-corrected chi connectivity index (χ2v) is 9.49. The quantitative estimate of drug-likeness (QED) is 0.178. The Labute approximate surface area is 204 Å². The lowest BCUT2D eigenvalue weighted by Gasteiger charge is -2.21. The highest BCUT2D eigenvalue weighted by molar-refractivity contribution is 14.0. The number of aliphatic imine (C=N–C) groups is 1. The van der Waals surface area contributed by atoms with Crippen LogP contribution < -0.4 is 10.0 Å². The summed E-state index contributed by atoms with van der Waals surface area (Å²) < 4.78 is 29.1. The van der Waals surface area contributed by atoms with Gasteiger partial charge in [-0.15, -0.1) is 35.3 Å². The minimum atomic E-state index is -3.47. The van der Waals surface area contributed by atoms with Gasteiger partial charge in [-0.25, -0.2) is 17.8 Å². The molecule has 2 aromatic heterocycles. The van der Waals surface area contributed by atoms with Crippen molar-refractivity contribution in [2.45, 2.75) is 17.7 Å². The number of rotatable bonds is 9. The first-order valence-electron chi connectivity index (χ1n) is 9.61. The molecular weight excluding hydrogens is 547 g/mol. The van der Waals surface area contributed by atoms with Gasteiger partial charge in [-0.1, -0.05) is 24.3 Å². The Morgan fingerprint density at radius 3 is 2.68 bits per heavy atom. The van der Waals surface area contributed by atoms with Crippen molar-refractivity contribution in [3.05, 3.63) is 65.8 Å². The number of thiophene rings is 1. The molecule has 0 aliphatic heterocycles. The first-order chi connectivity index (χ1) is 14.5. The van der Waals surface area contributed by atoms with Crippen molar-refractivity contribution in [1.29, 1.82) is 0 Å². The lowest BCUT2D eigenvalue weighted by Crippen LogP contribution is -2.39. The second kappa shape index (κ2) is 12.2. The Balaban J connectivity index is 0.00000341. The minimum absolute atomic E-state index is 0. The first-order valence-corrected chi connectivity index (χ1v) is 12.0. The van der Waals surface area contributed by atoms with Crippen molar-refractivity contribution in [3.8, 4) is 5.69 Å². The molecule has 8 nitrogen and oxygen atoms in total. The third kappa shape index (κ3) is 7.30. The lowest BCUT2D eigenvalue weighted by atomic mass is 10.3. The Kier molecular flexibility index (Phi) is 9.93. The second-order valence-electron chi connectivity index (χ2n) is 6.55. The zero-order valence-corrected chi connectivity index (χ0v) is 21.4. The molecule has 0 saturated heterocycles. The highest BCUT2D eigenvalue weighted by Gasteiger charge is 2.14. The summed E-state index contributed by atoms with van der Waals surface area (Å²) in [5.74, 6) is 0.709. The van der Waals surface area contributed by atoms with E-state index in [1.165, 1.54) is 11.3 Å². The average Bonchev–Trinajstić information content (AvgIpc) is 3.43. The van der Waals surface area contributed by atoms with E-state index in [0.29, 0.717) is 29.8 Å². The molecular formula is C20H27IN6O2S2. The van der Waals surface area contributed by atoms with Crippen molar-refractivity contribution in [2.24, 2.45) is 4.99 Å². The topological polar surface area (TPSA) is 91.6 Å². The number of hydrogen-bond donors (Lipinski definition) is 2. The molecule has 2 N–H and O–H groups in total. The predicted molar refractivity (Wildman–Crippen MR) is 136 cm³/mol. The van der Waals surface area contributed by atoms with Gasteiger partial charge in [-0.3, -0.25) is 4.99 Å². The summed E-state index contributed by atoms with van der Waals surface area (Å²) in [7, 11) is -1.52. The van der Waals surface area contributed by atoms with Gasteiger partial charge in [0.15, 0.2) is 5.96 Å². The standard InChI is InChI=1S/C20H26N6O2S2.HI/c1-3-21-20(22-11-12-24-30(27,28)19-10-7-13-29-19)25(2)15-17-14-23-26(16-17)18-8-5-4-6-9-18;/h4-10,13-14,16,24H,3,11-12,15H2,1-2H3,(H,21,22);1H. The fourth-order valence-electron chi connectivity index (χ4n) is 2.81. The molecule has 0 amide bonds. The van der Waals surface area contributed by atoms with Gasteiger partial charge in [0.25, 0.3) is 0 Å². The molecule has 0 saturated carbocycles. The number of para-hydroxylation sites is 1. The summed E-state index contributed by atoms with van der Waals surface area (Å²) >= 11 is 1.19. The van der Waals surface area contributed by atoms with Crippen LogP contribution in [0.1, 0.15) is 12.5 Å². The van der Waals surface area contributed by atoms with Gasteiger partial charge >= 0.3 is 0 Å². The van der Waals surface area contributed by atoms with Crippen molar-refractivity contribution in [3.63, 3.8) is 0 Å². The van der Waals surface area contributed by atoms with E-state index >= 15 is 0 Å². The van der Waals surface area contributed by atoms with Crippen LogP contribution in [0.5, 0.6) is 0 Å². The van der Waals surface area contributed by atoms with E-state index in [-0.39, 0.29) is 30.5 Å². The molecule has 0 unspecified atom stereocenters. The van der Waals surface area contributed by atoms with Crippen LogP contribution in [-0.2, 0) is 16.6 Å². The Morgan fingerprint density at radius 2 is 2.00 bits per heavy atom. The zero-order chi connectivity index (χ0) is 21.4. The highest BCUT2D eigenvalue weighted by Crippen LogP contribution is 2.15. The Hall–Kier alpha value is -1.96. The number of nitrogens with zero attached hydrogens (tertiary/aromatic N) is 4. The molecule has 3 rings (SSSR count). The van der Waals surface area contributed by atoms with Gasteiger partial charge < -0.3 is 10.2 Å². The summed E-state index contributed by atoms with van der Waals surface area (Å²) in [6.07, 6.45) is 3.83. The molecule has 11 heteroatoms. The van der Waals surface area contributed by atoms with Gasteiger partial charge in [-0.05, 0) is 30.5 Å². The smallest absolute Gasteiger partial charge is 0.250 e. The summed E-state index contributed by atoms with van der Waals surface area (Å²) in [5, 5.41) is 9.41. The minimum Gasteiger partial charge on any atom is -0.357 e. The molecule has 2 heterocycles. The molecule has 1 aromatic carbocycles. The van der Waals surface area contributed by atoms with Gasteiger partial charge in [-0.2, -0.15) is 5.10 Å². The molecule has 0 aliphatic rings. The maximum absolute atomic E-state index is 12.2. The average molecular weight is 575 g/mol. The van der Waals surface area contributed by atoms with Gasteiger partial charge in [0.1, 0.15) is 4.21 Å². The van der Waals surface area contributed by atoms with Crippen LogP contribution in [0.15, 0.2) is 69.4 Å². The van der Waals surface area contributed by atoms with E-state index in [1.54, 1.807) is 17.5 Å². The molecule has 0 aliphatic carbocycles. The summed E-state index contributed by atoms with van der Waals surface area (Å²) in [4.78, 5) is 6.53. The van der Waals surface area contributed by atoms with Crippen molar-refractivity contribution < 1.29 is 8.42 Å².